The van der Waals surface area contributed by atoms with Crippen molar-refractivity contribution in [1.29, 1.82) is 0 Å². The van der Waals surface area contributed by atoms with E-state index in [2.05, 4.69) is 5.16 Å². The average Bonchev–Trinajstić information content (AvgIpc) is 2.51. The fourth-order valence-corrected chi connectivity index (χ4v) is 2.54. The number of esters is 1. The van der Waals surface area contributed by atoms with E-state index in [1.807, 2.05) is 0 Å². The third-order valence-corrected chi connectivity index (χ3v) is 3.88. The molecule has 24 heavy (non-hydrogen) atoms. The summed E-state index contributed by atoms with van der Waals surface area (Å²) < 4.78 is 5.09. The van der Waals surface area contributed by atoms with Gasteiger partial charge in [-0.3, -0.25) is 4.79 Å². The number of carbonyl (C=O) groups excluding carboxylic acids is 1. The monoisotopic (exact) mass is 405 g/mol. The van der Waals surface area contributed by atoms with Gasteiger partial charge in [0.25, 0.3) is 0 Å². The summed E-state index contributed by atoms with van der Waals surface area (Å²) in [6.07, 6.45) is 1.21. The van der Waals surface area contributed by atoms with Gasteiger partial charge in [-0.1, -0.05) is 57.6 Å². The molecule has 0 aromatic heterocycles. The zero-order valence-corrected chi connectivity index (χ0v) is 15.2. The van der Waals surface area contributed by atoms with Gasteiger partial charge in [0.2, 0.25) is 0 Å². The Bertz CT molecular complexity index is 765. The molecule has 0 aliphatic carbocycles. The first-order valence-electron chi connectivity index (χ1n) is 6.69. The molecule has 0 bridgehead atoms. The smallest absolute Gasteiger partial charge is 0.316 e. The van der Waals surface area contributed by atoms with Crippen molar-refractivity contribution in [2.75, 3.05) is 0 Å². The molecule has 0 atom stereocenters. The average molecular weight is 407 g/mol. The van der Waals surface area contributed by atoms with Crippen LogP contribution in [0.5, 0.6) is 5.75 Å². The summed E-state index contributed by atoms with van der Waals surface area (Å²) in [4.78, 5) is 16.7. The van der Waals surface area contributed by atoms with Crippen LogP contribution in [0.15, 0.2) is 41.6 Å². The molecule has 2 rings (SSSR count). The zero-order valence-electron chi connectivity index (χ0n) is 12.1. The molecule has 0 radical (unpaired) electrons. The number of hydrogen-bond acceptors (Lipinski definition) is 4. The third-order valence-electron chi connectivity index (χ3n) is 2.76. The summed E-state index contributed by atoms with van der Waals surface area (Å²) in [5.41, 5.74) is 0.730. The zero-order chi connectivity index (χ0) is 17.5. The number of benzene rings is 2. The lowest BCUT2D eigenvalue weighted by molar-refractivity contribution is -0.132. The highest BCUT2D eigenvalue weighted by Gasteiger charge is 2.08. The Morgan fingerprint density at radius 2 is 1.67 bits per heavy atom. The minimum Gasteiger partial charge on any atom is -0.425 e. The van der Waals surface area contributed by atoms with Crippen LogP contribution < -0.4 is 4.74 Å². The van der Waals surface area contributed by atoms with E-state index in [1.165, 1.54) is 18.3 Å². The number of hydrogen-bond donors (Lipinski definition) is 0. The van der Waals surface area contributed by atoms with Gasteiger partial charge < -0.3 is 9.57 Å². The molecule has 0 N–H and O–H groups in total. The molecule has 4 nitrogen and oxygen atoms in total. The normalized spacial score (nSPS) is 10.8. The number of halogens is 4. The molecule has 0 heterocycles. The molecular formula is C16H11Cl4NO3. The summed E-state index contributed by atoms with van der Waals surface area (Å²) in [6.45, 7) is 0.157. The van der Waals surface area contributed by atoms with Gasteiger partial charge in [0.15, 0.2) is 0 Å². The first-order valence-corrected chi connectivity index (χ1v) is 8.20. The van der Waals surface area contributed by atoms with Crippen LogP contribution in [0, 0.1) is 0 Å². The lowest BCUT2D eigenvalue weighted by Crippen LogP contribution is -2.08. The minimum absolute atomic E-state index is 0.0761. The van der Waals surface area contributed by atoms with Gasteiger partial charge in [0.1, 0.15) is 12.4 Å². The largest absolute Gasteiger partial charge is 0.425 e. The van der Waals surface area contributed by atoms with Crippen LogP contribution in [0.4, 0.5) is 0 Å². The molecule has 0 saturated heterocycles. The second-order valence-electron chi connectivity index (χ2n) is 4.55. The molecule has 0 fully saturated rings. The van der Waals surface area contributed by atoms with Crippen LogP contribution in [0.2, 0.25) is 20.1 Å². The van der Waals surface area contributed by atoms with Crippen LogP contribution in [0.3, 0.4) is 0 Å². The van der Waals surface area contributed by atoms with E-state index >= 15 is 0 Å². The lowest BCUT2D eigenvalue weighted by atomic mass is 10.2. The Hall–Kier alpha value is -1.46. The summed E-state index contributed by atoms with van der Waals surface area (Å²) in [6, 6.07) is 9.61. The van der Waals surface area contributed by atoms with Crippen molar-refractivity contribution in [3.63, 3.8) is 0 Å². The maximum Gasteiger partial charge on any atom is 0.316 e. The summed E-state index contributed by atoms with van der Waals surface area (Å²) in [7, 11) is 0. The first-order chi connectivity index (χ1) is 11.5. The number of oxime groups is 1. The van der Waals surface area contributed by atoms with Gasteiger partial charge in [0, 0.05) is 20.6 Å². The second-order valence-corrected chi connectivity index (χ2v) is 6.24. The third kappa shape index (κ3) is 5.87. The molecule has 0 spiro atoms. The van der Waals surface area contributed by atoms with Crippen LogP contribution in [-0.2, 0) is 16.2 Å². The van der Waals surface area contributed by atoms with Crippen molar-refractivity contribution in [3.8, 4) is 5.75 Å². The molecule has 0 saturated carbocycles. The fourth-order valence-electron chi connectivity index (χ4n) is 1.63. The highest BCUT2D eigenvalue weighted by Crippen LogP contribution is 2.27. The molecule has 0 aliphatic heterocycles. The van der Waals surface area contributed by atoms with Crippen molar-refractivity contribution in [2.45, 2.75) is 13.0 Å². The first kappa shape index (κ1) is 18.9. The van der Waals surface area contributed by atoms with E-state index in [9.17, 15) is 4.79 Å². The van der Waals surface area contributed by atoms with Crippen LogP contribution >= 0.6 is 46.4 Å². The number of carbonyl (C=O) groups is 1. The maximum absolute atomic E-state index is 11.7. The number of rotatable bonds is 6. The molecule has 126 valence electrons. The van der Waals surface area contributed by atoms with E-state index in [0.717, 1.165) is 5.56 Å². The number of ether oxygens (including phenoxy) is 1. The second kappa shape index (κ2) is 9.14. The van der Waals surface area contributed by atoms with Gasteiger partial charge in [-0.05, 0) is 30.3 Å². The summed E-state index contributed by atoms with van der Waals surface area (Å²) in [5, 5.41) is 5.40. The predicted molar refractivity (Wildman–Crippen MR) is 96.5 cm³/mol. The van der Waals surface area contributed by atoms with Crippen molar-refractivity contribution in [2.24, 2.45) is 5.16 Å². The molecule has 0 aliphatic rings. The van der Waals surface area contributed by atoms with Crippen molar-refractivity contribution in [3.05, 3.63) is 62.1 Å². The Kier molecular flexibility index (Phi) is 7.18. The number of nitrogens with zero attached hydrogens (tertiary/aromatic N) is 1. The fraction of sp³-hybridized carbons (Fsp3) is 0.125. The molecule has 0 amide bonds. The van der Waals surface area contributed by atoms with Gasteiger partial charge in [-0.2, -0.15) is 0 Å². The van der Waals surface area contributed by atoms with E-state index in [4.69, 9.17) is 56.0 Å². The Morgan fingerprint density at radius 3 is 2.33 bits per heavy atom. The predicted octanol–water partition coefficient (Wildman–Crippen LogP) is 5.80. The van der Waals surface area contributed by atoms with Crippen molar-refractivity contribution >= 4 is 58.6 Å². The molecule has 2 aromatic carbocycles. The Morgan fingerprint density at radius 1 is 1.00 bits per heavy atom. The highest BCUT2D eigenvalue weighted by molar-refractivity contribution is 6.35. The molecule has 2 aromatic rings. The highest BCUT2D eigenvalue weighted by atomic mass is 35.5. The van der Waals surface area contributed by atoms with E-state index < -0.39 is 5.97 Å². The molecule has 8 heteroatoms. The van der Waals surface area contributed by atoms with E-state index in [-0.39, 0.29) is 23.8 Å². The maximum atomic E-state index is 11.7. The van der Waals surface area contributed by atoms with Crippen LogP contribution in [0.25, 0.3) is 0 Å². The van der Waals surface area contributed by atoms with E-state index in [0.29, 0.717) is 15.1 Å². The minimum atomic E-state index is -0.531. The van der Waals surface area contributed by atoms with E-state index in [1.54, 1.807) is 24.3 Å². The van der Waals surface area contributed by atoms with Crippen LogP contribution in [-0.4, -0.2) is 12.2 Å². The van der Waals surface area contributed by atoms with Crippen molar-refractivity contribution < 1.29 is 14.4 Å². The molecule has 0 unspecified atom stereocenters. The Balaban J connectivity index is 1.78. The standard InChI is InChI=1S/C16H11Cl4NO3/c17-11-2-1-10(13(19)7-11)9-23-21-6-5-16(22)24-15-4-3-12(18)8-14(15)20/h1-4,6-8H,5,9H2. The van der Waals surface area contributed by atoms with Crippen molar-refractivity contribution in [1.82, 2.24) is 0 Å². The van der Waals surface area contributed by atoms with Gasteiger partial charge >= 0.3 is 5.97 Å². The quantitative estimate of drug-likeness (QED) is 0.263. The van der Waals surface area contributed by atoms with Gasteiger partial charge in [-0.15, -0.1) is 0 Å². The van der Waals surface area contributed by atoms with Gasteiger partial charge in [0.05, 0.1) is 17.7 Å². The summed E-state index contributed by atoms with van der Waals surface area (Å²) in [5.74, 6) is -0.301. The molecular weight excluding hydrogens is 396 g/mol. The van der Waals surface area contributed by atoms with Crippen LogP contribution in [0.1, 0.15) is 12.0 Å². The summed E-state index contributed by atoms with van der Waals surface area (Å²) >= 11 is 23.5. The van der Waals surface area contributed by atoms with Gasteiger partial charge in [-0.25, -0.2) is 0 Å². The lowest BCUT2D eigenvalue weighted by Gasteiger charge is -2.05. The SMILES string of the molecule is O=C(CC=NOCc1ccc(Cl)cc1Cl)Oc1ccc(Cl)cc1Cl. The Labute approximate surface area is 158 Å². The topological polar surface area (TPSA) is 47.9 Å².